The SMILES string of the molecule is COCOCc1nc(-c2nc(C(=O)N[C@@H](COCc3ccccc3)[C@@H](C)CO[Si](c3ccccc3)(c3ccccc3)C(C)(C)C)co2)co1. The molecular formula is C38H45N3O7Si. The molecule has 2 heterocycles. The first kappa shape index (κ1) is 35.9. The highest BCUT2D eigenvalue weighted by Gasteiger charge is 2.50. The molecule has 0 radical (unpaired) electrons. The third kappa shape index (κ3) is 9.00. The van der Waals surface area contributed by atoms with Crippen LogP contribution >= 0.6 is 0 Å². The summed E-state index contributed by atoms with van der Waals surface area (Å²) in [7, 11) is -1.27. The Bertz CT molecular complexity index is 1680. The van der Waals surface area contributed by atoms with Crippen molar-refractivity contribution in [2.45, 2.75) is 52.0 Å². The minimum Gasteiger partial charge on any atom is -0.446 e. The summed E-state index contributed by atoms with van der Waals surface area (Å²) < 4.78 is 34.6. The Morgan fingerprint density at radius 3 is 2.06 bits per heavy atom. The molecule has 2 atom stereocenters. The second-order valence-corrected chi connectivity index (χ2v) is 17.3. The fraction of sp³-hybridized carbons (Fsp3) is 0.342. The molecule has 1 N–H and O–H groups in total. The minimum absolute atomic E-state index is 0.110. The van der Waals surface area contributed by atoms with Crippen molar-refractivity contribution < 1.29 is 32.3 Å². The Morgan fingerprint density at radius 2 is 1.45 bits per heavy atom. The summed E-state index contributed by atoms with van der Waals surface area (Å²) in [5, 5.41) is 5.35. The number of aromatic nitrogens is 2. The van der Waals surface area contributed by atoms with Crippen molar-refractivity contribution >= 4 is 24.6 Å². The molecule has 10 nitrogen and oxygen atoms in total. The molecule has 0 aliphatic carbocycles. The number of nitrogens with one attached hydrogen (secondary N) is 1. The topological polar surface area (TPSA) is 118 Å². The number of ether oxygens (including phenoxy) is 3. The van der Waals surface area contributed by atoms with Gasteiger partial charge < -0.3 is 32.8 Å². The summed E-state index contributed by atoms with van der Waals surface area (Å²) in [4.78, 5) is 22.3. The molecule has 5 rings (SSSR count). The fourth-order valence-electron chi connectivity index (χ4n) is 5.79. The predicted molar refractivity (Wildman–Crippen MR) is 189 cm³/mol. The van der Waals surface area contributed by atoms with Gasteiger partial charge in [-0.3, -0.25) is 4.79 Å². The number of nitrogens with zero attached hydrogens (tertiary/aromatic N) is 2. The summed E-state index contributed by atoms with van der Waals surface area (Å²) in [6.07, 6.45) is 2.72. The lowest BCUT2D eigenvalue weighted by molar-refractivity contribution is -0.0453. The molecule has 0 bridgehead atoms. The van der Waals surface area contributed by atoms with Crippen LogP contribution in [0, 0.1) is 5.92 Å². The van der Waals surface area contributed by atoms with Crippen LogP contribution in [-0.4, -0.2) is 57.4 Å². The summed E-state index contributed by atoms with van der Waals surface area (Å²) in [5.74, 6) is -0.0286. The highest BCUT2D eigenvalue weighted by Crippen LogP contribution is 2.37. The maximum Gasteiger partial charge on any atom is 0.273 e. The molecule has 0 unspecified atom stereocenters. The number of methoxy groups -OCH3 is 1. The number of benzene rings is 3. The zero-order valence-electron chi connectivity index (χ0n) is 28.8. The summed E-state index contributed by atoms with van der Waals surface area (Å²) in [5.41, 5.74) is 1.51. The van der Waals surface area contributed by atoms with Gasteiger partial charge in [0, 0.05) is 19.6 Å². The van der Waals surface area contributed by atoms with E-state index in [0.29, 0.717) is 24.8 Å². The van der Waals surface area contributed by atoms with Gasteiger partial charge in [-0.2, -0.15) is 0 Å². The van der Waals surface area contributed by atoms with E-state index in [9.17, 15) is 4.79 Å². The van der Waals surface area contributed by atoms with Crippen molar-refractivity contribution in [3.8, 4) is 11.6 Å². The van der Waals surface area contributed by atoms with Gasteiger partial charge in [-0.05, 0) is 21.0 Å². The first-order valence-corrected chi connectivity index (χ1v) is 18.3. The van der Waals surface area contributed by atoms with E-state index in [2.05, 4.69) is 91.5 Å². The quantitative estimate of drug-likeness (QED) is 0.0718. The lowest BCUT2D eigenvalue weighted by atomic mass is 10.0. The fourth-order valence-corrected chi connectivity index (χ4v) is 10.5. The molecule has 0 spiro atoms. The molecule has 0 aliphatic heterocycles. The Balaban J connectivity index is 1.35. The van der Waals surface area contributed by atoms with E-state index >= 15 is 0 Å². The van der Waals surface area contributed by atoms with E-state index in [4.69, 9.17) is 27.5 Å². The van der Waals surface area contributed by atoms with E-state index in [1.165, 1.54) is 30.0 Å². The van der Waals surface area contributed by atoms with Crippen LogP contribution in [0.4, 0.5) is 0 Å². The monoisotopic (exact) mass is 683 g/mol. The van der Waals surface area contributed by atoms with E-state index in [1.54, 1.807) is 0 Å². The third-order valence-electron chi connectivity index (χ3n) is 8.33. The largest absolute Gasteiger partial charge is 0.446 e. The molecular weight excluding hydrogens is 639 g/mol. The number of amides is 1. The number of oxazole rings is 2. The normalized spacial score (nSPS) is 13.2. The van der Waals surface area contributed by atoms with Crippen LogP contribution in [0.15, 0.2) is 112 Å². The molecule has 0 fully saturated rings. The van der Waals surface area contributed by atoms with Gasteiger partial charge in [0.05, 0.1) is 19.3 Å². The molecule has 2 aromatic heterocycles. The molecule has 5 aromatic rings. The Labute approximate surface area is 288 Å². The van der Waals surface area contributed by atoms with Crippen molar-refractivity contribution in [3.63, 3.8) is 0 Å². The minimum atomic E-state index is -2.80. The van der Waals surface area contributed by atoms with Crippen LogP contribution < -0.4 is 15.7 Å². The smallest absolute Gasteiger partial charge is 0.273 e. The molecule has 11 heteroatoms. The molecule has 0 saturated heterocycles. The number of hydrogen-bond acceptors (Lipinski definition) is 9. The first-order chi connectivity index (χ1) is 23.7. The third-order valence-corrected chi connectivity index (χ3v) is 13.3. The predicted octanol–water partition coefficient (Wildman–Crippen LogP) is 5.98. The van der Waals surface area contributed by atoms with E-state index < -0.39 is 20.3 Å². The molecule has 0 aliphatic rings. The first-order valence-electron chi connectivity index (χ1n) is 16.4. The Hall–Kier alpha value is -4.39. The van der Waals surface area contributed by atoms with Gasteiger partial charge in [0.15, 0.2) is 11.4 Å². The average molecular weight is 684 g/mol. The summed E-state index contributed by atoms with van der Waals surface area (Å²) in [6.45, 7) is 10.1. The van der Waals surface area contributed by atoms with Crippen LogP contribution in [0.1, 0.15) is 49.6 Å². The van der Waals surface area contributed by atoms with E-state index in [-0.39, 0.29) is 42.5 Å². The number of carbonyl (C=O) groups is 1. The summed E-state index contributed by atoms with van der Waals surface area (Å²) >= 11 is 0. The van der Waals surface area contributed by atoms with Gasteiger partial charge in [0.25, 0.3) is 14.2 Å². The second kappa shape index (κ2) is 16.8. The van der Waals surface area contributed by atoms with Crippen LogP contribution in [0.2, 0.25) is 5.04 Å². The van der Waals surface area contributed by atoms with Crippen LogP contribution in [0.3, 0.4) is 0 Å². The molecule has 49 heavy (non-hydrogen) atoms. The average Bonchev–Trinajstić information content (AvgIpc) is 3.80. The van der Waals surface area contributed by atoms with Crippen LogP contribution in [-0.2, 0) is 31.9 Å². The lowest BCUT2D eigenvalue weighted by Crippen LogP contribution is -2.67. The van der Waals surface area contributed by atoms with Gasteiger partial charge in [0.1, 0.15) is 25.9 Å². The zero-order valence-corrected chi connectivity index (χ0v) is 29.8. The Kier molecular flexibility index (Phi) is 12.3. The highest BCUT2D eigenvalue weighted by molar-refractivity contribution is 6.99. The maximum absolute atomic E-state index is 13.6. The number of hydrogen-bond donors (Lipinski definition) is 1. The van der Waals surface area contributed by atoms with Crippen LogP contribution in [0.25, 0.3) is 11.6 Å². The van der Waals surface area contributed by atoms with Gasteiger partial charge in [-0.1, -0.05) is 119 Å². The van der Waals surface area contributed by atoms with Crippen LogP contribution in [0.5, 0.6) is 0 Å². The second-order valence-electron chi connectivity index (χ2n) is 13.0. The standard InChI is InChI=1S/C38H45N3O7Si/c1-28(21-48-49(38(2,3)4,30-17-11-7-12-18-30)31-19-13-8-14-20-31)32(23-44-22-29-15-9-6-10-16-29)40-36(42)33-24-47-37(41-33)34-25-46-35(39-34)26-45-27-43-5/h6-20,24-25,28,32H,21-23,26-27H2,1-5H3,(H,40,42)/t28-,32-/m0/s1. The Morgan fingerprint density at radius 1 is 0.816 bits per heavy atom. The van der Waals surface area contributed by atoms with Crippen molar-refractivity contribution in [1.82, 2.24) is 15.3 Å². The lowest BCUT2D eigenvalue weighted by Gasteiger charge is -2.44. The molecule has 258 valence electrons. The van der Waals surface area contributed by atoms with Crippen molar-refractivity contribution in [1.29, 1.82) is 0 Å². The van der Waals surface area contributed by atoms with E-state index in [1.807, 2.05) is 42.5 Å². The maximum atomic E-state index is 13.6. The van der Waals surface area contributed by atoms with Gasteiger partial charge in [-0.25, -0.2) is 9.97 Å². The number of rotatable bonds is 17. The van der Waals surface area contributed by atoms with Crippen molar-refractivity contribution in [2.24, 2.45) is 5.92 Å². The molecule has 3 aromatic carbocycles. The van der Waals surface area contributed by atoms with Crippen molar-refractivity contribution in [3.05, 3.63) is 121 Å². The van der Waals surface area contributed by atoms with Gasteiger partial charge >= 0.3 is 0 Å². The van der Waals surface area contributed by atoms with E-state index in [0.717, 1.165) is 5.56 Å². The summed E-state index contributed by atoms with van der Waals surface area (Å²) in [6, 6.07) is 30.6. The zero-order chi connectivity index (χ0) is 34.7. The highest BCUT2D eigenvalue weighted by atomic mass is 28.4. The molecule has 1 amide bonds. The van der Waals surface area contributed by atoms with Gasteiger partial charge in [0.2, 0.25) is 11.8 Å². The van der Waals surface area contributed by atoms with Gasteiger partial charge in [-0.15, -0.1) is 0 Å². The van der Waals surface area contributed by atoms with Crippen molar-refractivity contribution in [2.75, 3.05) is 27.1 Å². The molecule has 0 saturated carbocycles. The number of carbonyl (C=O) groups excluding carboxylic acids is 1.